The summed E-state index contributed by atoms with van der Waals surface area (Å²) in [5.41, 5.74) is 2.48. The maximum Gasteiger partial charge on any atom is 0.241 e. The lowest BCUT2D eigenvalue weighted by atomic mass is 9.95. The van der Waals surface area contributed by atoms with Crippen LogP contribution in [-0.2, 0) is 22.6 Å². The second kappa shape index (κ2) is 5.25. The number of amides is 2. The third-order valence-corrected chi connectivity index (χ3v) is 4.15. The molecule has 1 atom stereocenters. The summed E-state index contributed by atoms with van der Waals surface area (Å²) in [6.45, 7) is 2.16. The van der Waals surface area contributed by atoms with Gasteiger partial charge in [0, 0.05) is 26.7 Å². The van der Waals surface area contributed by atoms with Gasteiger partial charge in [-0.15, -0.1) is 0 Å². The van der Waals surface area contributed by atoms with Crippen molar-refractivity contribution in [2.75, 3.05) is 26.7 Å². The van der Waals surface area contributed by atoms with Crippen LogP contribution in [0.25, 0.3) is 0 Å². The molecule has 0 aliphatic carbocycles. The zero-order chi connectivity index (χ0) is 14.1. The molecule has 1 N–H and O–H groups in total. The molecular formula is C15H19N3O2. The molecule has 0 bridgehead atoms. The molecule has 1 aromatic rings. The smallest absolute Gasteiger partial charge is 0.241 e. The Morgan fingerprint density at radius 1 is 1.25 bits per heavy atom. The fourth-order valence-electron chi connectivity index (χ4n) is 2.80. The summed E-state index contributed by atoms with van der Waals surface area (Å²) in [6, 6.07) is 7.97. The van der Waals surface area contributed by atoms with Crippen LogP contribution in [0.3, 0.4) is 0 Å². The number of hydrogen-bond donors (Lipinski definition) is 1. The number of nitrogens with zero attached hydrogens (tertiary/aromatic N) is 2. The van der Waals surface area contributed by atoms with Gasteiger partial charge < -0.3 is 15.1 Å². The van der Waals surface area contributed by atoms with E-state index >= 15 is 0 Å². The van der Waals surface area contributed by atoms with Gasteiger partial charge in [-0.2, -0.15) is 0 Å². The molecule has 1 aromatic carbocycles. The summed E-state index contributed by atoms with van der Waals surface area (Å²) < 4.78 is 0. The van der Waals surface area contributed by atoms with Crippen molar-refractivity contribution >= 4 is 11.8 Å². The van der Waals surface area contributed by atoms with Crippen molar-refractivity contribution in [3.63, 3.8) is 0 Å². The lowest BCUT2D eigenvalue weighted by molar-refractivity contribution is -0.145. The molecule has 106 valence electrons. The predicted octanol–water partition coefficient (Wildman–Crippen LogP) is 0.00150. The molecule has 2 aliphatic rings. The molecule has 2 heterocycles. The number of hydrogen-bond acceptors (Lipinski definition) is 3. The molecule has 0 saturated carbocycles. The van der Waals surface area contributed by atoms with E-state index in [1.165, 1.54) is 11.1 Å². The minimum absolute atomic E-state index is 0.0146. The molecular weight excluding hydrogens is 254 g/mol. The Morgan fingerprint density at radius 3 is 2.75 bits per heavy atom. The molecule has 3 rings (SSSR count). The first-order valence-electron chi connectivity index (χ1n) is 6.98. The third-order valence-electron chi connectivity index (χ3n) is 4.15. The van der Waals surface area contributed by atoms with Crippen LogP contribution in [0.2, 0.25) is 0 Å². The average Bonchev–Trinajstić information content (AvgIpc) is 2.49. The Kier molecular flexibility index (Phi) is 3.44. The van der Waals surface area contributed by atoms with Gasteiger partial charge in [0.15, 0.2) is 0 Å². The highest BCUT2D eigenvalue weighted by Crippen LogP contribution is 2.18. The zero-order valence-corrected chi connectivity index (χ0v) is 11.6. The van der Waals surface area contributed by atoms with Crippen LogP contribution in [0.1, 0.15) is 11.1 Å². The number of fused-ring (bicyclic) bond motifs is 1. The van der Waals surface area contributed by atoms with Crippen molar-refractivity contribution in [2.24, 2.45) is 0 Å². The average molecular weight is 273 g/mol. The number of carbonyl (C=O) groups excluding carboxylic acids is 2. The summed E-state index contributed by atoms with van der Waals surface area (Å²) in [6.07, 6.45) is 0.704. The van der Waals surface area contributed by atoms with E-state index in [9.17, 15) is 9.59 Å². The maximum atomic E-state index is 12.5. The van der Waals surface area contributed by atoms with Crippen LogP contribution < -0.4 is 5.32 Å². The Bertz CT molecular complexity index is 544. The van der Waals surface area contributed by atoms with Crippen molar-refractivity contribution in [2.45, 2.75) is 19.0 Å². The quantitative estimate of drug-likeness (QED) is 0.784. The summed E-state index contributed by atoms with van der Waals surface area (Å²) >= 11 is 0. The van der Waals surface area contributed by atoms with Gasteiger partial charge in [-0.1, -0.05) is 24.3 Å². The van der Waals surface area contributed by atoms with Gasteiger partial charge in [0.2, 0.25) is 11.8 Å². The summed E-state index contributed by atoms with van der Waals surface area (Å²) in [7, 11) is 1.78. The van der Waals surface area contributed by atoms with Gasteiger partial charge in [0.25, 0.3) is 0 Å². The highest BCUT2D eigenvalue weighted by molar-refractivity contribution is 5.88. The number of carbonyl (C=O) groups is 2. The van der Waals surface area contributed by atoms with E-state index < -0.39 is 0 Å². The van der Waals surface area contributed by atoms with Crippen LogP contribution in [0.4, 0.5) is 0 Å². The molecule has 1 saturated heterocycles. The van der Waals surface area contributed by atoms with Gasteiger partial charge in [-0.3, -0.25) is 9.59 Å². The monoisotopic (exact) mass is 273 g/mol. The SMILES string of the molecule is CN1CCN(C(=O)C2Cc3ccccc3CN2)CC1=O. The lowest BCUT2D eigenvalue weighted by Crippen LogP contribution is -2.56. The number of benzene rings is 1. The second-order valence-electron chi connectivity index (χ2n) is 5.48. The zero-order valence-electron chi connectivity index (χ0n) is 11.6. The number of nitrogens with one attached hydrogen (secondary N) is 1. The van der Waals surface area contributed by atoms with Crippen molar-refractivity contribution in [1.82, 2.24) is 15.1 Å². The Balaban J connectivity index is 1.69. The molecule has 1 fully saturated rings. The van der Waals surface area contributed by atoms with E-state index in [4.69, 9.17) is 0 Å². The first-order valence-corrected chi connectivity index (χ1v) is 6.98. The van der Waals surface area contributed by atoms with Gasteiger partial charge in [-0.25, -0.2) is 0 Å². The molecule has 2 amide bonds. The van der Waals surface area contributed by atoms with Crippen LogP contribution in [0, 0.1) is 0 Å². The Labute approximate surface area is 118 Å². The van der Waals surface area contributed by atoms with Gasteiger partial charge in [-0.05, 0) is 17.5 Å². The van der Waals surface area contributed by atoms with E-state index in [0.717, 1.165) is 0 Å². The fourth-order valence-corrected chi connectivity index (χ4v) is 2.80. The summed E-state index contributed by atoms with van der Waals surface area (Å²) in [5.74, 6) is 0.0572. The largest absolute Gasteiger partial charge is 0.342 e. The molecule has 0 aromatic heterocycles. The molecule has 0 radical (unpaired) electrons. The highest BCUT2D eigenvalue weighted by Gasteiger charge is 2.31. The first-order chi connectivity index (χ1) is 9.65. The topological polar surface area (TPSA) is 52.6 Å². The molecule has 2 aliphatic heterocycles. The Morgan fingerprint density at radius 2 is 2.00 bits per heavy atom. The van der Waals surface area contributed by atoms with Gasteiger partial charge in [0.05, 0.1) is 12.6 Å². The molecule has 1 unspecified atom stereocenters. The lowest BCUT2D eigenvalue weighted by Gasteiger charge is -2.35. The van der Waals surface area contributed by atoms with Gasteiger partial charge in [0.1, 0.15) is 0 Å². The standard InChI is InChI=1S/C15H19N3O2/c1-17-6-7-18(10-14(17)19)15(20)13-8-11-4-2-3-5-12(11)9-16-13/h2-5,13,16H,6-10H2,1H3. The molecule has 0 spiro atoms. The molecule has 5 heteroatoms. The van der Waals surface area contributed by atoms with Crippen molar-refractivity contribution in [3.05, 3.63) is 35.4 Å². The van der Waals surface area contributed by atoms with E-state index in [2.05, 4.69) is 17.4 Å². The minimum Gasteiger partial charge on any atom is -0.342 e. The number of rotatable bonds is 1. The van der Waals surface area contributed by atoms with Crippen molar-refractivity contribution < 1.29 is 9.59 Å². The molecule has 5 nitrogen and oxygen atoms in total. The minimum atomic E-state index is -0.207. The summed E-state index contributed by atoms with van der Waals surface area (Å²) in [5, 5.41) is 3.28. The highest BCUT2D eigenvalue weighted by atomic mass is 16.2. The number of piperazine rings is 1. The van der Waals surface area contributed by atoms with Gasteiger partial charge >= 0.3 is 0 Å². The van der Waals surface area contributed by atoms with E-state index in [1.807, 2.05) is 12.1 Å². The van der Waals surface area contributed by atoms with Crippen molar-refractivity contribution in [1.29, 1.82) is 0 Å². The second-order valence-corrected chi connectivity index (χ2v) is 5.48. The fraction of sp³-hybridized carbons (Fsp3) is 0.467. The van der Waals surface area contributed by atoms with Crippen molar-refractivity contribution in [3.8, 4) is 0 Å². The first kappa shape index (κ1) is 13.1. The molecule has 20 heavy (non-hydrogen) atoms. The van der Waals surface area contributed by atoms with E-state index in [0.29, 0.717) is 26.1 Å². The van der Waals surface area contributed by atoms with Crippen LogP contribution in [0.15, 0.2) is 24.3 Å². The third kappa shape index (κ3) is 2.41. The van der Waals surface area contributed by atoms with E-state index in [-0.39, 0.29) is 24.4 Å². The summed E-state index contributed by atoms with van der Waals surface area (Å²) in [4.78, 5) is 27.6. The van der Waals surface area contributed by atoms with Crippen LogP contribution in [-0.4, -0.2) is 54.3 Å². The maximum absolute atomic E-state index is 12.5. The van der Waals surface area contributed by atoms with Crippen LogP contribution >= 0.6 is 0 Å². The normalized spacial score (nSPS) is 22.6. The predicted molar refractivity (Wildman–Crippen MR) is 75.0 cm³/mol. The van der Waals surface area contributed by atoms with Crippen LogP contribution in [0.5, 0.6) is 0 Å². The number of likely N-dealkylation sites (N-methyl/N-ethyl adjacent to an activating group) is 1. The van der Waals surface area contributed by atoms with E-state index in [1.54, 1.807) is 16.8 Å². The Hall–Kier alpha value is -1.88.